The standard InChI is InChI=1S/C23H23N5O/c1-2-17-14-21(27-22(25-17)19-10-5-6-12-24-19)28-13-7-8-16(15-28)23-26-18-9-3-4-11-20(18)29-23/h3-6,9-12,14,16H,2,7-8,13,15H2,1H3. The largest absolute Gasteiger partial charge is 0.440 e. The van der Waals surface area contributed by atoms with Crippen molar-refractivity contribution in [2.24, 2.45) is 0 Å². The highest BCUT2D eigenvalue weighted by molar-refractivity contribution is 5.72. The molecule has 0 spiro atoms. The molecule has 1 aliphatic rings. The predicted octanol–water partition coefficient (Wildman–Crippen LogP) is 4.63. The minimum Gasteiger partial charge on any atom is -0.440 e. The maximum Gasteiger partial charge on any atom is 0.200 e. The molecule has 0 radical (unpaired) electrons. The molecule has 0 aliphatic carbocycles. The van der Waals surface area contributed by atoms with Crippen LogP contribution in [0.2, 0.25) is 0 Å². The van der Waals surface area contributed by atoms with E-state index in [4.69, 9.17) is 19.4 Å². The molecule has 3 aromatic heterocycles. The maximum atomic E-state index is 6.05. The lowest BCUT2D eigenvalue weighted by Crippen LogP contribution is -2.35. The quantitative estimate of drug-likeness (QED) is 0.510. The van der Waals surface area contributed by atoms with Gasteiger partial charge < -0.3 is 9.32 Å². The van der Waals surface area contributed by atoms with E-state index in [0.29, 0.717) is 5.82 Å². The number of hydrogen-bond donors (Lipinski definition) is 0. The number of fused-ring (bicyclic) bond motifs is 1. The fourth-order valence-corrected chi connectivity index (χ4v) is 3.89. The number of pyridine rings is 1. The van der Waals surface area contributed by atoms with Gasteiger partial charge in [0.25, 0.3) is 0 Å². The molecule has 0 saturated carbocycles. The highest BCUT2D eigenvalue weighted by Crippen LogP contribution is 2.31. The molecule has 4 heterocycles. The molecule has 0 bridgehead atoms. The Balaban J connectivity index is 1.45. The van der Waals surface area contributed by atoms with Crippen LogP contribution in [0, 0.1) is 0 Å². The number of aromatic nitrogens is 4. The smallest absolute Gasteiger partial charge is 0.200 e. The van der Waals surface area contributed by atoms with Gasteiger partial charge in [0.1, 0.15) is 17.0 Å². The first-order valence-electron chi connectivity index (χ1n) is 10.2. The third-order valence-electron chi connectivity index (χ3n) is 5.43. The Hall–Kier alpha value is -3.28. The summed E-state index contributed by atoms with van der Waals surface area (Å²) in [6.45, 7) is 3.93. The van der Waals surface area contributed by atoms with Gasteiger partial charge in [-0.2, -0.15) is 0 Å². The number of oxazole rings is 1. The summed E-state index contributed by atoms with van der Waals surface area (Å²) in [5.74, 6) is 2.72. The Bertz CT molecular complexity index is 1090. The van der Waals surface area contributed by atoms with Gasteiger partial charge in [-0.1, -0.05) is 25.1 Å². The van der Waals surface area contributed by atoms with Gasteiger partial charge in [-0.15, -0.1) is 0 Å². The van der Waals surface area contributed by atoms with Crippen molar-refractivity contribution in [3.05, 3.63) is 66.3 Å². The van der Waals surface area contributed by atoms with E-state index in [9.17, 15) is 0 Å². The topological polar surface area (TPSA) is 67.9 Å². The fourth-order valence-electron chi connectivity index (χ4n) is 3.89. The number of benzene rings is 1. The number of hydrogen-bond acceptors (Lipinski definition) is 6. The zero-order chi connectivity index (χ0) is 19.6. The van der Waals surface area contributed by atoms with Crippen LogP contribution in [0.5, 0.6) is 0 Å². The Morgan fingerprint density at radius 1 is 1.07 bits per heavy atom. The molecule has 146 valence electrons. The van der Waals surface area contributed by atoms with Gasteiger partial charge in [0.2, 0.25) is 0 Å². The van der Waals surface area contributed by atoms with Crippen LogP contribution in [0.3, 0.4) is 0 Å². The third kappa shape index (κ3) is 3.58. The molecule has 1 aliphatic heterocycles. The van der Waals surface area contributed by atoms with E-state index in [2.05, 4.69) is 22.9 Å². The van der Waals surface area contributed by atoms with Gasteiger partial charge in [0.15, 0.2) is 17.3 Å². The van der Waals surface area contributed by atoms with Crippen molar-refractivity contribution in [2.75, 3.05) is 18.0 Å². The second-order valence-electron chi connectivity index (χ2n) is 7.41. The molecule has 6 heteroatoms. The number of para-hydroxylation sites is 2. The summed E-state index contributed by atoms with van der Waals surface area (Å²) in [5, 5.41) is 0. The van der Waals surface area contributed by atoms with Gasteiger partial charge in [-0.3, -0.25) is 4.98 Å². The van der Waals surface area contributed by atoms with Crippen LogP contribution in [-0.4, -0.2) is 33.0 Å². The van der Waals surface area contributed by atoms with E-state index in [1.54, 1.807) is 6.20 Å². The summed E-state index contributed by atoms with van der Waals surface area (Å²) < 4.78 is 6.05. The van der Waals surface area contributed by atoms with Crippen molar-refractivity contribution in [2.45, 2.75) is 32.1 Å². The predicted molar refractivity (Wildman–Crippen MR) is 113 cm³/mol. The van der Waals surface area contributed by atoms with Crippen molar-refractivity contribution in [3.8, 4) is 11.5 Å². The molecule has 1 atom stereocenters. The van der Waals surface area contributed by atoms with Crippen LogP contribution >= 0.6 is 0 Å². The second kappa shape index (κ2) is 7.62. The van der Waals surface area contributed by atoms with Crippen LogP contribution in [0.25, 0.3) is 22.6 Å². The van der Waals surface area contributed by atoms with E-state index >= 15 is 0 Å². The Kier molecular flexibility index (Phi) is 4.68. The summed E-state index contributed by atoms with van der Waals surface area (Å²) in [6.07, 6.45) is 4.79. The number of nitrogens with zero attached hydrogens (tertiary/aromatic N) is 5. The molecule has 0 N–H and O–H groups in total. The molecule has 1 fully saturated rings. The van der Waals surface area contributed by atoms with Crippen LogP contribution in [0.15, 0.2) is 59.1 Å². The highest BCUT2D eigenvalue weighted by atomic mass is 16.3. The van der Waals surface area contributed by atoms with Crippen LogP contribution in [0.4, 0.5) is 5.82 Å². The summed E-state index contributed by atoms with van der Waals surface area (Å²) >= 11 is 0. The summed E-state index contributed by atoms with van der Waals surface area (Å²) in [7, 11) is 0. The molecule has 5 rings (SSSR count). The van der Waals surface area contributed by atoms with Crippen molar-refractivity contribution in [3.63, 3.8) is 0 Å². The van der Waals surface area contributed by atoms with Gasteiger partial charge in [-0.05, 0) is 43.5 Å². The molecule has 1 unspecified atom stereocenters. The third-order valence-corrected chi connectivity index (χ3v) is 5.43. The first kappa shape index (κ1) is 17.8. The Morgan fingerprint density at radius 2 is 1.97 bits per heavy atom. The zero-order valence-corrected chi connectivity index (χ0v) is 16.5. The first-order valence-corrected chi connectivity index (χ1v) is 10.2. The lowest BCUT2D eigenvalue weighted by molar-refractivity contribution is 0.412. The number of piperidine rings is 1. The molecule has 0 amide bonds. The number of aryl methyl sites for hydroxylation is 1. The minimum atomic E-state index is 0.259. The lowest BCUT2D eigenvalue weighted by atomic mass is 9.98. The van der Waals surface area contributed by atoms with Gasteiger partial charge in [0, 0.05) is 31.0 Å². The molecule has 1 saturated heterocycles. The zero-order valence-electron chi connectivity index (χ0n) is 16.5. The van der Waals surface area contributed by atoms with E-state index < -0.39 is 0 Å². The Morgan fingerprint density at radius 3 is 2.79 bits per heavy atom. The molecule has 4 aromatic rings. The van der Waals surface area contributed by atoms with E-state index in [1.165, 1.54) is 0 Å². The van der Waals surface area contributed by atoms with E-state index in [1.807, 2.05) is 42.5 Å². The lowest BCUT2D eigenvalue weighted by Gasteiger charge is -2.32. The SMILES string of the molecule is CCc1cc(N2CCCC(c3nc4ccccc4o3)C2)nc(-c2ccccn2)n1. The highest BCUT2D eigenvalue weighted by Gasteiger charge is 2.27. The summed E-state index contributed by atoms with van der Waals surface area (Å²) in [4.78, 5) is 21.0. The molecule has 29 heavy (non-hydrogen) atoms. The van der Waals surface area contributed by atoms with Gasteiger partial charge in [0.05, 0.1) is 5.92 Å². The van der Waals surface area contributed by atoms with Crippen molar-refractivity contribution in [1.82, 2.24) is 19.9 Å². The average molecular weight is 385 g/mol. The van der Waals surface area contributed by atoms with Crippen LogP contribution in [0.1, 0.15) is 37.3 Å². The van der Waals surface area contributed by atoms with Crippen LogP contribution in [-0.2, 0) is 6.42 Å². The van der Waals surface area contributed by atoms with Crippen molar-refractivity contribution >= 4 is 16.9 Å². The molecular formula is C23H23N5O. The fraction of sp³-hybridized carbons (Fsp3) is 0.304. The van der Waals surface area contributed by atoms with E-state index in [-0.39, 0.29) is 5.92 Å². The van der Waals surface area contributed by atoms with Gasteiger partial charge in [-0.25, -0.2) is 15.0 Å². The average Bonchev–Trinajstić information content (AvgIpc) is 3.24. The molecular weight excluding hydrogens is 362 g/mol. The molecule has 1 aromatic carbocycles. The number of rotatable bonds is 4. The first-order chi connectivity index (χ1) is 14.3. The van der Waals surface area contributed by atoms with Gasteiger partial charge >= 0.3 is 0 Å². The second-order valence-corrected chi connectivity index (χ2v) is 7.41. The summed E-state index contributed by atoms with van der Waals surface area (Å²) in [5.41, 5.74) is 3.61. The monoisotopic (exact) mass is 385 g/mol. The normalized spacial score (nSPS) is 17.0. The maximum absolute atomic E-state index is 6.05. The Labute approximate surface area is 169 Å². The molecule has 6 nitrogen and oxygen atoms in total. The van der Waals surface area contributed by atoms with Crippen LogP contribution < -0.4 is 4.90 Å². The van der Waals surface area contributed by atoms with Crippen molar-refractivity contribution < 1.29 is 4.42 Å². The van der Waals surface area contributed by atoms with Crippen molar-refractivity contribution in [1.29, 1.82) is 0 Å². The van der Waals surface area contributed by atoms with E-state index in [0.717, 1.165) is 66.5 Å². The summed E-state index contributed by atoms with van der Waals surface area (Å²) in [6, 6.07) is 15.9. The number of anilines is 1. The minimum absolute atomic E-state index is 0.259.